The Labute approximate surface area is 114 Å². The van der Waals surface area contributed by atoms with Gasteiger partial charge < -0.3 is 10.5 Å². The second-order valence-electron chi connectivity index (χ2n) is 4.93. The normalized spacial score (nSPS) is 11.1. The van der Waals surface area contributed by atoms with Crippen LogP contribution in [0.5, 0.6) is 5.88 Å². The maximum absolute atomic E-state index is 5.86. The summed E-state index contributed by atoms with van der Waals surface area (Å²) in [5.41, 5.74) is 10.0. The predicted octanol–water partition coefficient (Wildman–Crippen LogP) is 2.77. The van der Waals surface area contributed by atoms with E-state index in [0.29, 0.717) is 12.5 Å². The van der Waals surface area contributed by atoms with Gasteiger partial charge in [0.05, 0.1) is 24.1 Å². The molecule has 102 valence electrons. The monoisotopic (exact) mass is 259 g/mol. The van der Waals surface area contributed by atoms with E-state index in [-0.39, 0.29) is 0 Å². The van der Waals surface area contributed by atoms with Crippen molar-refractivity contribution in [3.63, 3.8) is 0 Å². The molecule has 1 heterocycles. The summed E-state index contributed by atoms with van der Waals surface area (Å²) in [7, 11) is 1.66. The van der Waals surface area contributed by atoms with Crippen LogP contribution in [0.3, 0.4) is 0 Å². The third kappa shape index (κ3) is 2.36. The summed E-state index contributed by atoms with van der Waals surface area (Å²) in [6, 6.07) is 8.12. The molecule has 0 saturated carbocycles. The number of benzene rings is 1. The molecule has 0 fully saturated rings. The van der Waals surface area contributed by atoms with Gasteiger partial charge in [0.15, 0.2) is 0 Å². The lowest BCUT2D eigenvalue weighted by atomic mass is 10.1. The lowest BCUT2D eigenvalue weighted by molar-refractivity contribution is 0.379. The molecule has 0 amide bonds. The molecule has 2 rings (SSSR count). The smallest absolute Gasteiger partial charge is 0.221 e. The first-order chi connectivity index (χ1) is 9.10. The van der Waals surface area contributed by atoms with Crippen LogP contribution in [0.2, 0.25) is 0 Å². The number of ether oxygens (including phenoxy) is 1. The van der Waals surface area contributed by atoms with Crippen molar-refractivity contribution < 1.29 is 4.74 Å². The van der Waals surface area contributed by atoms with E-state index in [1.165, 1.54) is 0 Å². The van der Waals surface area contributed by atoms with Crippen molar-refractivity contribution in [1.82, 2.24) is 9.78 Å². The van der Waals surface area contributed by atoms with Gasteiger partial charge in [0.1, 0.15) is 0 Å². The molecule has 0 aliphatic carbocycles. The van der Waals surface area contributed by atoms with Gasteiger partial charge in [-0.2, -0.15) is 5.10 Å². The molecule has 0 aliphatic heterocycles. The molecule has 0 spiro atoms. The first kappa shape index (κ1) is 13.6. The summed E-state index contributed by atoms with van der Waals surface area (Å²) in [4.78, 5) is 0. The first-order valence-electron chi connectivity index (χ1n) is 6.52. The summed E-state index contributed by atoms with van der Waals surface area (Å²) in [6.07, 6.45) is 0. The van der Waals surface area contributed by atoms with Gasteiger partial charge in [-0.1, -0.05) is 32.0 Å². The summed E-state index contributed by atoms with van der Waals surface area (Å²) < 4.78 is 7.38. The van der Waals surface area contributed by atoms with Crippen LogP contribution in [0.1, 0.15) is 36.6 Å². The molecule has 19 heavy (non-hydrogen) atoms. The second-order valence-corrected chi connectivity index (χ2v) is 4.93. The molecule has 4 nitrogen and oxygen atoms in total. The van der Waals surface area contributed by atoms with E-state index in [0.717, 1.165) is 28.4 Å². The number of nitrogens with two attached hydrogens (primary N) is 1. The minimum absolute atomic E-state index is 0.317. The maximum atomic E-state index is 5.86. The van der Waals surface area contributed by atoms with Gasteiger partial charge in [0.2, 0.25) is 5.88 Å². The van der Waals surface area contributed by atoms with Crippen LogP contribution in [0.15, 0.2) is 24.3 Å². The van der Waals surface area contributed by atoms with Crippen molar-refractivity contribution in [2.75, 3.05) is 7.11 Å². The largest absolute Gasteiger partial charge is 0.481 e. The minimum Gasteiger partial charge on any atom is -0.481 e. The number of hydrogen-bond donors (Lipinski definition) is 1. The van der Waals surface area contributed by atoms with Crippen LogP contribution >= 0.6 is 0 Å². The molecular weight excluding hydrogens is 238 g/mol. The zero-order valence-electron chi connectivity index (χ0n) is 12.0. The highest BCUT2D eigenvalue weighted by Crippen LogP contribution is 2.30. The van der Waals surface area contributed by atoms with Gasteiger partial charge >= 0.3 is 0 Å². The fourth-order valence-corrected chi connectivity index (χ4v) is 2.28. The highest BCUT2D eigenvalue weighted by molar-refractivity contribution is 5.46. The Bertz CT molecular complexity index is 573. The molecule has 1 aromatic heterocycles. The molecule has 0 aliphatic rings. The average molecular weight is 259 g/mol. The molecule has 0 saturated heterocycles. The Morgan fingerprint density at radius 3 is 2.53 bits per heavy atom. The number of hydrogen-bond acceptors (Lipinski definition) is 3. The van der Waals surface area contributed by atoms with Crippen molar-refractivity contribution in [3.05, 3.63) is 41.1 Å². The molecule has 1 aromatic carbocycles. The van der Waals surface area contributed by atoms with Crippen LogP contribution < -0.4 is 10.5 Å². The van der Waals surface area contributed by atoms with Crippen molar-refractivity contribution in [2.24, 2.45) is 5.73 Å². The predicted molar refractivity (Wildman–Crippen MR) is 76.8 cm³/mol. The van der Waals surface area contributed by atoms with E-state index < -0.39 is 0 Å². The number of para-hydroxylation sites is 1. The molecule has 2 N–H and O–H groups in total. The second kappa shape index (κ2) is 5.45. The van der Waals surface area contributed by atoms with Crippen LogP contribution in [0.25, 0.3) is 5.69 Å². The number of rotatable bonds is 4. The summed E-state index contributed by atoms with van der Waals surface area (Å²) in [6.45, 7) is 6.72. The molecule has 0 atom stereocenters. The third-order valence-corrected chi connectivity index (χ3v) is 3.26. The van der Waals surface area contributed by atoms with Gasteiger partial charge in [-0.3, -0.25) is 0 Å². The van der Waals surface area contributed by atoms with Gasteiger partial charge in [-0.15, -0.1) is 0 Å². The molecule has 0 unspecified atom stereocenters. The lowest BCUT2D eigenvalue weighted by Crippen LogP contribution is -2.04. The maximum Gasteiger partial charge on any atom is 0.221 e. The number of aromatic nitrogens is 2. The first-order valence-corrected chi connectivity index (χ1v) is 6.52. The summed E-state index contributed by atoms with van der Waals surface area (Å²) in [5.74, 6) is 1.05. The molecule has 2 aromatic rings. The Morgan fingerprint density at radius 1 is 1.32 bits per heavy atom. The lowest BCUT2D eigenvalue weighted by Gasteiger charge is -2.09. The topological polar surface area (TPSA) is 53.1 Å². The molecule has 0 bridgehead atoms. The molecular formula is C15H21N3O. The fraction of sp³-hybridized carbons (Fsp3) is 0.400. The van der Waals surface area contributed by atoms with Gasteiger partial charge in [0.25, 0.3) is 0 Å². The van der Waals surface area contributed by atoms with Crippen molar-refractivity contribution in [3.8, 4) is 11.6 Å². The average Bonchev–Trinajstić information content (AvgIpc) is 2.77. The van der Waals surface area contributed by atoms with Gasteiger partial charge in [-0.05, 0) is 24.5 Å². The van der Waals surface area contributed by atoms with E-state index in [4.69, 9.17) is 15.6 Å². The quantitative estimate of drug-likeness (QED) is 0.918. The van der Waals surface area contributed by atoms with Crippen molar-refractivity contribution in [1.29, 1.82) is 0 Å². The minimum atomic E-state index is 0.317. The number of aryl methyl sites for hydroxylation is 1. The zero-order chi connectivity index (χ0) is 14.0. The van der Waals surface area contributed by atoms with Crippen LogP contribution in [0, 0.1) is 6.92 Å². The Hall–Kier alpha value is -1.81. The van der Waals surface area contributed by atoms with Crippen LogP contribution in [0.4, 0.5) is 0 Å². The van der Waals surface area contributed by atoms with E-state index in [1.807, 2.05) is 22.9 Å². The zero-order valence-corrected chi connectivity index (χ0v) is 12.0. The Balaban J connectivity index is 2.67. The van der Waals surface area contributed by atoms with Crippen LogP contribution in [-0.2, 0) is 6.54 Å². The van der Waals surface area contributed by atoms with Gasteiger partial charge in [0, 0.05) is 6.54 Å². The highest BCUT2D eigenvalue weighted by atomic mass is 16.5. The van der Waals surface area contributed by atoms with Crippen molar-refractivity contribution in [2.45, 2.75) is 33.2 Å². The number of nitrogens with zero attached hydrogens (tertiary/aromatic N) is 2. The Kier molecular flexibility index (Phi) is 3.90. The third-order valence-electron chi connectivity index (χ3n) is 3.26. The standard InChI is InChI=1S/C15H21N3O/c1-10(2)14-12(9-16)15(19-4)18(17-14)13-8-6-5-7-11(13)3/h5-8,10H,9,16H2,1-4H3. The van der Waals surface area contributed by atoms with Crippen molar-refractivity contribution >= 4 is 0 Å². The highest BCUT2D eigenvalue weighted by Gasteiger charge is 2.21. The fourth-order valence-electron chi connectivity index (χ4n) is 2.28. The van der Waals surface area contributed by atoms with Gasteiger partial charge in [-0.25, -0.2) is 4.68 Å². The number of methoxy groups -OCH3 is 1. The molecule has 0 radical (unpaired) electrons. The van der Waals surface area contributed by atoms with E-state index in [9.17, 15) is 0 Å². The summed E-state index contributed by atoms with van der Waals surface area (Å²) >= 11 is 0. The van der Waals surface area contributed by atoms with Crippen LogP contribution in [-0.4, -0.2) is 16.9 Å². The van der Waals surface area contributed by atoms with E-state index >= 15 is 0 Å². The summed E-state index contributed by atoms with van der Waals surface area (Å²) in [5, 5.41) is 4.69. The van der Waals surface area contributed by atoms with E-state index in [2.05, 4.69) is 26.8 Å². The molecule has 4 heteroatoms. The SMILES string of the molecule is COc1c(CN)c(C(C)C)nn1-c1ccccc1C. The van der Waals surface area contributed by atoms with E-state index in [1.54, 1.807) is 7.11 Å². The Morgan fingerprint density at radius 2 is 2.00 bits per heavy atom.